The molecule has 0 aliphatic rings. The normalized spacial score (nSPS) is 11.1. The van der Waals surface area contributed by atoms with Crippen molar-refractivity contribution in [2.45, 2.75) is 39.8 Å². The highest BCUT2D eigenvalue weighted by Gasteiger charge is 2.15. The Bertz CT molecular complexity index is 1270. The van der Waals surface area contributed by atoms with Crippen LogP contribution in [0.5, 0.6) is 5.75 Å². The summed E-state index contributed by atoms with van der Waals surface area (Å²) in [6.45, 7) is 5.84. The second kappa shape index (κ2) is 9.78. The number of ether oxygens (including phenoxy) is 1. The van der Waals surface area contributed by atoms with E-state index in [1.807, 2.05) is 64.6 Å². The van der Waals surface area contributed by atoms with Crippen LogP contribution in [0.2, 0.25) is 0 Å². The maximum absolute atomic E-state index is 12.8. The summed E-state index contributed by atoms with van der Waals surface area (Å²) in [6.07, 6.45) is 1.19. The van der Waals surface area contributed by atoms with Crippen molar-refractivity contribution in [1.82, 2.24) is 24.3 Å². The highest BCUT2D eigenvalue weighted by molar-refractivity contribution is 7.71. The summed E-state index contributed by atoms with van der Waals surface area (Å²) in [6, 6.07) is 15.5. The van der Waals surface area contributed by atoms with Crippen LogP contribution in [0.25, 0.3) is 22.4 Å². The van der Waals surface area contributed by atoms with Gasteiger partial charge >= 0.3 is 0 Å². The second-order valence-electron chi connectivity index (χ2n) is 7.34. The zero-order valence-electron chi connectivity index (χ0n) is 18.2. The number of hydrogen-bond donors (Lipinski definition) is 2. The van der Waals surface area contributed by atoms with E-state index in [0.717, 1.165) is 35.3 Å². The third-order valence-electron chi connectivity index (χ3n) is 5.10. The Hall–Kier alpha value is -3.46. The minimum Gasteiger partial charge on any atom is -0.494 e. The zero-order chi connectivity index (χ0) is 22.5. The molecule has 0 aliphatic carbocycles. The number of fused-ring (bicyclic) bond motifs is 1. The molecule has 0 saturated heterocycles. The maximum atomic E-state index is 12.8. The molecule has 0 atom stereocenters. The van der Waals surface area contributed by atoms with Gasteiger partial charge in [0.2, 0.25) is 11.9 Å². The minimum absolute atomic E-state index is 0.126. The number of aromatic amines is 1. The number of rotatable bonds is 9. The summed E-state index contributed by atoms with van der Waals surface area (Å²) in [5.74, 6) is 1.93. The van der Waals surface area contributed by atoms with Crippen LogP contribution >= 0.6 is 12.2 Å². The van der Waals surface area contributed by atoms with E-state index in [-0.39, 0.29) is 12.3 Å². The van der Waals surface area contributed by atoms with E-state index in [4.69, 9.17) is 17.0 Å². The Labute approximate surface area is 191 Å². The van der Waals surface area contributed by atoms with Crippen LogP contribution in [0, 0.1) is 4.77 Å². The average molecular weight is 451 g/mol. The molecular weight excluding hydrogens is 424 g/mol. The van der Waals surface area contributed by atoms with E-state index in [0.29, 0.717) is 29.7 Å². The number of para-hydroxylation sites is 2. The number of anilines is 1. The summed E-state index contributed by atoms with van der Waals surface area (Å²) >= 11 is 5.39. The highest BCUT2D eigenvalue weighted by Crippen LogP contribution is 2.22. The third-order valence-corrected chi connectivity index (χ3v) is 5.41. The van der Waals surface area contributed by atoms with Gasteiger partial charge in [0.25, 0.3) is 0 Å². The number of benzene rings is 2. The van der Waals surface area contributed by atoms with Crippen LogP contribution in [0.3, 0.4) is 0 Å². The molecule has 2 aromatic carbocycles. The predicted octanol–water partition coefficient (Wildman–Crippen LogP) is 4.79. The van der Waals surface area contributed by atoms with Crippen molar-refractivity contribution in [2.24, 2.45) is 0 Å². The topological polar surface area (TPSA) is 89.8 Å². The molecule has 0 unspecified atom stereocenters. The summed E-state index contributed by atoms with van der Waals surface area (Å²) in [7, 11) is 0. The van der Waals surface area contributed by atoms with Crippen LogP contribution in [-0.4, -0.2) is 36.8 Å². The molecule has 2 N–H and O–H groups in total. The van der Waals surface area contributed by atoms with Crippen molar-refractivity contribution in [2.75, 3.05) is 11.9 Å². The molecule has 166 valence electrons. The van der Waals surface area contributed by atoms with E-state index in [1.54, 1.807) is 0 Å². The number of carbonyl (C=O) groups excluding carboxylic acids is 1. The molecule has 2 heterocycles. The fraction of sp³-hybridized carbons (Fsp3) is 0.304. The molecule has 4 rings (SSSR count). The predicted molar refractivity (Wildman–Crippen MR) is 127 cm³/mol. The number of aryl methyl sites for hydroxylation is 1. The van der Waals surface area contributed by atoms with E-state index >= 15 is 0 Å². The van der Waals surface area contributed by atoms with Crippen LogP contribution in [0.4, 0.5) is 5.95 Å². The standard InChI is InChI=1S/C23H26N6O2S/c1-3-14-28-19-8-6-5-7-18(19)24-22(28)25-20(30)13-15-29-21(26-27-23(29)32)16-9-11-17(12-10-16)31-4-2/h5-12H,3-4,13-15H2,1-2H3,(H,27,32)(H,24,25,30). The van der Waals surface area contributed by atoms with Gasteiger partial charge in [0, 0.05) is 25.1 Å². The Kier molecular flexibility index (Phi) is 6.65. The molecular formula is C23H26N6O2S. The van der Waals surface area contributed by atoms with Gasteiger partial charge in [-0.05, 0) is 62.0 Å². The van der Waals surface area contributed by atoms with Gasteiger partial charge in [0.15, 0.2) is 10.6 Å². The lowest BCUT2D eigenvalue weighted by Gasteiger charge is -2.10. The first kappa shape index (κ1) is 21.8. The summed E-state index contributed by atoms with van der Waals surface area (Å²) < 4.78 is 9.85. The molecule has 0 aliphatic heterocycles. The quantitative estimate of drug-likeness (QED) is 0.358. The number of amides is 1. The first-order chi connectivity index (χ1) is 15.6. The number of nitrogens with one attached hydrogen (secondary N) is 2. The molecule has 32 heavy (non-hydrogen) atoms. The number of H-pyrrole nitrogens is 1. The van der Waals surface area contributed by atoms with Crippen LogP contribution < -0.4 is 10.1 Å². The highest BCUT2D eigenvalue weighted by atomic mass is 32.1. The van der Waals surface area contributed by atoms with E-state index in [9.17, 15) is 4.79 Å². The van der Waals surface area contributed by atoms with Gasteiger partial charge in [-0.1, -0.05) is 19.1 Å². The van der Waals surface area contributed by atoms with Gasteiger partial charge in [-0.3, -0.25) is 19.8 Å². The van der Waals surface area contributed by atoms with Crippen LogP contribution in [0.15, 0.2) is 48.5 Å². The molecule has 2 aromatic heterocycles. The number of aromatic nitrogens is 5. The summed E-state index contributed by atoms with van der Waals surface area (Å²) in [4.78, 5) is 17.4. The van der Waals surface area contributed by atoms with Crippen molar-refractivity contribution < 1.29 is 9.53 Å². The lowest BCUT2D eigenvalue weighted by Crippen LogP contribution is -2.18. The first-order valence-corrected chi connectivity index (χ1v) is 11.1. The van der Waals surface area contributed by atoms with Gasteiger partial charge < -0.3 is 9.30 Å². The van der Waals surface area contributed by atoms with Crippen molar-refractivity contribution in [1.29, 1.82) is 0 Å². The minimum atomic E-state index is -0.126. The van der Waals surface area contributed by atoms with Crippen LogP contribution in [0.1, 0.15) is 26.7 Å². The Balaban J connectivity index is 1.48. The van der Waals surface area contributed by atoms with E-state index in [1.165, 1.54) is 0 Å². The molecule has 0 radical (unpaired) electrons. The summed E-state index contributed by atoms with van der Waals surface area (Å²) in [5, 5.41) is 10.1. The van der Waals surface area contributed by atoms with Crippen LogP contribution in [-0.2, 0) is 17.9 Å². The van der Waals surface area contributed by atoms with Gasteiger partial charge in [-0.15, -0.1) is 0 Å². The third kappa shape index (κ3) is 4.57. The molecule has 4 aromatic rings. The lowest BCUT2D eigenvalue weighted by molar-refractivity contribution is -0.116. The number of carbonyl (C=O) groups is 1. The molecule has 0 spiro atoms. The Morgan fingerprint density at radius 1 is 1.09 bits per heavy atom. The van der Waals surface area contributed by atoms with Gasteiger partial charge in [-0.25, -0.2) is 4.98 Å². The number of imidazole rings is 1. The van der Waals surface area contributed by atoms with E-state index < -0.39 is 0 Å². The van der Waals surface area contributed by atoms with Crippen molar-refractivity contribution >= 4 is 35.1 Å². The molecule has 8 nitrogen and oxygen atoms in total. The Morgan fingerprint density at radius 3 is 2.62 bits per heavy atom. The van der Waals surface area contributed by atoms with Crippen molar-refractivity contribution in [3.63, 3.8) is 0 Å². The maximum Gasteiger partial charge on any atom is 0.228 e. The van der Waals surface area contributed by atoms with E-state index in [2.05, 4.69) is 27.4 Å². The SMILES string of the molecule is CCCn1c(NC(=O)CCn2c(-c3ccc(OCC)cc3)n[nH]c2=S)nc2ccccc21. The molecule has 0 saturated carbocycles. The number of hydrogen-bond acceptors (Lipinski definition) is 5. The van der Waals surface area contributed by atoms with Gasteiger partial charge in [0.1, 0.15) is 5.75 Å². The first-order valence-electron chi connectivity index (χ1n) is 10.7. The second-order valence-corrected chi connectivity index (χ2v) is 7.72. The fourth-order valence-electron chi connectivity index (χ4n) is 3.63. The van der Waals surface area contributed by atoms with Crippen molar-refractivity contribution in [3.8, 4) is 17.1 Å². The van der Waals surface area contributed by atoms with Gasteiger partial charge in [0.05, 0.1) is 17.6 Å². The average Bonchev–Trinajstić information content (AvgIpc) is 3.33. The van der Waals surface area contributed by atoms with Crippen molar-refractivity contribution in [3.05, 3.63) is 53.3 Å². The largest absolute Gasteiger partial charge is 0.494 e. The smallest absolute Gasteiger partial charge is 0.228 e. The number of nitrogens with zero attached hydrogens (tertiary/aromatic N) is 4. The molecule has 0 bridgehead atoms. The van der Waals surface area contributed by atoms with Gasteiger partial charge in [-0.2, -0.15) is 5.10 Å². The zero-order valence-corrected chi connectivity index (χ0v) is 19.0. The fourth-order valence-corrected chi connectivity index (χ4v) is 3.86. The Morgan fingerprint density at radius 2 is 1.88 bits per heavy atom. The molecule has 9 heteroatoms. The monoisotopic (exact) mass is 450 g/mol. The summed E-state index contributed by atoms with van der Waals surface area (Å²) in [5.41, 5.74) is 2.77. The molecule has 0 fully saturated rings. The lowest BCUT2D eigenvalue weighted by atomic mass is 10.2. The molecule has 1 amide bonds.